The third-order valence-corrected chi connectivity index (χ3v) is 4.88. The molecule has 1 saturated heterocycles. The third kappa shape index (κ3) is 7.71. The van der Waals surface area contributed by atoms with Crippen molar-refractivity contribution in [2.45, 2.75) is 25.9 Å². The highest BCUT2D eigenvalue weighted by Crippen LogP contribution is 2.12. The van der Waals surface area contributed by atoms with E-state index in [1.165, 1.54) is 11.3 Å². The Morgan fingerprint density at radius 3 is 2.91 bits per heavy atom. The van der Waals surface area contributed by atoms with Crippen LogP contribution in [0, 0.1) is 0 Å². The first-order valence-corrected chi connectivity index (χ1v) is 8.91. The van der Waals surface area contributed by atoms with Gasteiger partial charge in [0.1, 0.15) is 5.01 Å². The van der Waals surface area contributed by atoms with Crippen LogP contribution in [0.3, 0.4) is 0 Å². The smallest absolute Gasteiger partial charge is 0.357 e. The molecule has 1 fully saturated rings. The Labute approximate surface area is 156 Å². The average Bonchev–Trinajstić information content (AvgIpc) is 2.95. The summed E-state index contributed by atoms with van der Waals surface area (Å²) in [5.74, 6) is 1.66. The maximum absolute atomic E-state index is 11.9. The van der Waals surface area contributed by atoms with Crippen LogP contribution in [0.15, 0.2) is 5.38 Å². The number of rotatable bonds is 6. The zero-order valence-electron chi connectivity index (χ0n) is 12.7. The highest BCUT2D eigenvalue weighted by atomic mass is 35.5. The number of ether oxygens (including phenoxy) is 1. The Kier molecular flexibility index (Phi) is 11.6. The number of carbonyl (C=O) groups excluding carboxylic acids is 2. The minimum absolute atomic E-state index is 0. The van der Waals surface area contributed by atoms with Gasteiger partial charge < -0.3 is 15.4 Å². The van der Waals surface area contributed by atoms with Crippen LogP contribution in [0.25, 0.3) is 0 Å². The van der Waals surface area contributed by atoms with E-state index in [1.54, 1.807) is 12.3 Å². The number of amides is 1. The molecule has 0 bridgehead atoms. The van der Waals surface area contributed by atoms with Gasteiger partial charge in [-0.05, 0) is 6.92 Å². The van der Waals surface area contributed by atoms with Gasteiger partial charge in [-0.1, -0.05) is 0 Å². The van der Waals surface area contributed by atoms with Gasteiger partial charge in [0.05, 0.1) is 13.2 Å². The molecule has 1 aromatic heterocycles. The minimum Gasteiger partial charge on any atom is -0.461 e. The Bertz CT molecular complexity index is 497. The number of thioether (sulfide) groups is 1. The number of nitrogens with zero attached hydrogens (tertiary/aromatic N) is 1. The molecule has 1 aromatic rings. The molecule has 10 heteroatoms. The minimum atomic E-state index is -0.422. The van der Waals surface area contributed by atoms with Gasteiger partial charge in [-0.2, -0.15) is 11.8 Å². The van der Waals surface area contributed by atoms with Gasteiger partial charge >= 0.3 is 5.97 Å². The van der Waals surface area contributed by atoms with E-state index < -0.39 is 5.97 Å². The van der Waals surface area contributed by atoms with E-state index in [9.17, 15) is 9.59 Å². The molecule has 1 aliphatic rings. The van der Waals surface area contributed by atoms with Crippen LogP contribution < -0.4 is 10.6 Å². The number of hydrogen-bond acceptors (Lipinski definition) is 7. The standard InChI is InChI=1S/C13H19N3O3S2.2ClH/c1-2-19-13(18)10-8-21-12(16-10)6-15-11(17)5-9-7-20-4-3-14-9;;/h8-9,14H,2-7H2,1H3,(H,15,17);2*1H. The quantitative estimate of drug-likeness (QED) is 0.708. The van der Waals surface area contributed by atoms with Crippen LogP contribution >= 0.6 is 47.9 Å². The van der Waals surface area contributed by atoms with Crippen molar-refractivity contribution in [1.82, 2.24) is 15.6 Å². The Morgan fingerprint density at radius 1 is 1.48 bits per heavy atom. The van der Waals surface area contributed by atoms with Crippen molar-refractivity contribution >= 4 is 59.8 Å². The normalized spacial score (nSPS) is 16.7. The molecule has 0 radical (unpaired) electrons. The molecule has 1 aliphatic heterocycles. The largest absolute Gasteiger partial charge is 0.461 e. The average molecular weight is 402 g/mol. The molecule has 0 aromatic carbocycles. The molecule has 2 heterocycles. The van der Waals surface area contributed by atoms with E-state index in [0.717, 1.165) is 18.1 Å². The first-order chi connectivity index (χ1) is 10.2. The summed E-state index contributed by atoms with van der Waals surface area (Å²) < 4.78 is 4.87. The van der Waals surface area contributed by atoms with E-state index in [-0.39, 0.29) is 36.8 Å². The summed E-state index contributed by atoms with van der Waals surface area (Å²) in [4.78, 5) is 27.5. The van der Waals surface area contributed by atoms with E-state index in [2.05, 4.69) is 15.6 Å². The fourth-order valence-corrected chi connectivity index (χ4v) is 3.56. The summed E-state index contributed by atoms with van der Waals surface area (Å²) in [6, 6.07) is 0.245. The topological polar surface area (TPSA) is 80.3 Å². The van der Waals surface area contributed by atoms with Gasteiger partial charge in [-0.3, -0.25) is 4.79 Å². The lowest BCUT2D eigenvalue weighted by Gasteiger charge is -2.22. The molecule has 6 nitrogen and oxygen atoms in total. The first-order valence-electron chi connectivity index (χ1n) is 6.88. The number of carbonyl (C=O) groups is 2. The van der Waals surface area contributed by atoms with Crippen molar-refractivity contribution in [3.8, 4) is 0 Å². The predicted octanol–water partition coefficient (Wildman–Crippen LogP) is 1.87. The third-order valence-electron chi connectivity index (χ3n) is 2.90. The van der Waals surface area contributed by atoms with E-state index in [4.69, 9.17) is 4.74 Å². The first kappa shape index (κ1) is 22.5. The van der Waals surface area contributed by atoms with Crippen molar-refractivity contribution in [1.29, 1.82) is 0 Å². The summed E-state index contributed by atoms with van der Waals surface area (Å²) in [5, 5.41) is 8.52. The molecular weight excluding hydrogens is 381 g/mol. The van der Waals surface area contributed by atoms with Crippen LogP contribution in [0.1, 0.15) is 28.8 Å². The summed E-state index contributed by atoms with van der Waals surface area (Å²) in [6.07, 6.45) is 0.475. The van der Waals surface area contributed by atoms with E-state index in [1.807, 2.05) is 11.8 Å². The van der Waals surface area contributed by atoms with E-state index >= 15 is 0 Å². The van der Waals surface area contributed by atoms with Gasteiger partial charge in [0.2, 0.25) is 5.91 Å². The summed E-state index contributed by atoms with van der Waals surface area (Å²) in [5.41, 5.74) is 0.302. The van der Waals surface area contributed by atoms with E-state index in [0.29, 0.717) is 30.3 Å². The van der Waals surface area contributed by atoms with Gasteiger partial charge in [0.15, 0.2) is 5.69 Å². The van der Waals surface area contributed by atoms with Crippen molar-refractivity contribution in [3.05, 3.63) is 16.1 Å². The van der Waals surface area contributed by atoms with Gasteiger partial charge in [0.25, 0.3) is 0 Å². The highest BCUT2D eigenvalue weighted by molar-refractivity contribution is 7.99. The molecule has 132 valence electrons. The number of esters is 1. The highest BCUT2D eigenvalue weighted by Gasteiger charge is 2.17. The van der Waals surface area contributed by atoms with Crippen LogP contribution in [-0.2, 0) is 16.1 Å². The summed E-state index contributed by atoms with van der Waals surface area (Å²) >= 11 is 3.21. The molecule has 1 amide bonds. The van der Waals surface area contributed by atoms with Crippen molar-refractivity contribution in [2.24, 2.45) is 0 Å². The lowest BCUT2D eigenvalue weighted by Crippen LogP contribution is -2.41. The number of aromatic nitrogens is 1. The Balaban J connectivity index is 0.00000242. The fourth-order valence-electron chi connectivity index (χ4n) is 1.91. The zero-order chi connectivity index (χ0) is 15.1. The van der Waals surface area contributed by atoms with Gasteiger partial charge in [-0.15, -0.1) is 36.2 Å². The SMILES string of the molecule is CCOC(=O)c1csc(CNC(=O)CC2CSCCN2)n1.Cl.Cl. The van der Waals surface area contributed by atoms with Gasteiger partial charge in [-0.25, -0.2) is 9.78 Å². The number of hydrogen-bond donors (Lipinski definition) is 2. The maximum Gasteiger partial charge on any atom is 0.357 e. The molecule has 0 saturated carbocycles. The fraction of sp³-hybridized carbons (Fsp3) is 0.615. The second-order valence-corrected chi connectivity index (χ2v) is 6.65. The van der Waals surface area contributed by atoms with Gasteiger partial charge in [0, 0.05) is 35.9 Å². The Morgan fingerprint density at radius 2 is 2.26 bits per heavy atom. The molecule has 0 spiro atoms. The van der Waals surface area contributed by atoms with Crippen LogP contribution in [0.2, 0.25) is 0 Å². The lowest BCUT2D eigenvalue weighted by atomic mass is 10.2. The van der Waals surface area contributed by atoms with Crippen LogP contribution in [0.5, 0.6) is 0 Å². The predicted molar refractivity (Wildman–Crippen MR) is 98.1 cm³/mol. The molecular formula is C13H21Cl2N3O3S2. The number of halogens is 2. The summed E-state index contributed by atoms with van der Waals surface area (Å²) in [7, 11) is 0. The molecule has 2 rings (SSSR count). The zero-order valence-corrected chi connectivity index (χ0v) is 16.0. The molecule has 2 N–H and O–H groups in total. The second kappa shape index (κ2) is 11.9. The lowest BCUT2D eigenvalue weighted by molar-refractivity contribution is -0.121. The van der Waals surface area contributed by atoms with Crippen molar-refractivity contribution < 1.29 is 14.3 Å². The second-order valence-electron chi connectivity index (χ2n) is 4.55. The molecule has 23 heavy (non-hydrogen) atoms. The van der Waals surface area contributed by atoms with Crippen molar-refractivity contribution in [2.75, 3.05) is 24.7 Å². The van der Waals surface area contributed by atoms with Crippen molar-refractivity contribution in [3.63, 3.8) is 0 Å². The monoisotopic (exact) mass is 401 g/mol. The van der Waals surface area contributed by atoms with Crippen LogP contribution in [0.4, 0.5) is 0 Å². The van der Waals surface area contributed by atoms with Crippen LogP contribution in [-0.4, -0.2) is 47.6 Å². The number of nitrogens with one attached hydrogen (secondary N) is 2. The maximum atomic E-state index is 11.9. The number of thiazole rings is 1. The molecule has 0 aliphatic carbocycles. The molecule has 1 atom stereocenters. The Hall–Kier alpha value is -0.540. The summed E-state index contributed by atoms with van der Waals surface area (Å²) in [6.45, 7) is 3.39. The molecule has 1 unspecified atom stereocenters.